The van der Waals surface area contributed by atoms with Crippen LogP contribution in [-0.2, 0) is 4.79 Å². The van der Waals surface area contributed by atoms with E-state index < -0.39 is 11.9 Å². The summed E-state index contributed by atoms with van der Waals surface area (Å²) < 4.78 is 0. The Morgan fingerprint density at radius 1 is 1.33 bits per heavy atom. The van der Waals surface area contributed by atoms with Gasteiger partial charge in [0.05, 0.1) is 5.92 Å². The third kappa shape index (κ3) is 4.45. The first-order chi connectivity index (χ1) is 8.50. The second-order valence-corrected chi connectivity index (χ2v) is 4.25. The lowest BCUT2D eigenvalue weighted by molar-refractivity contribution is -0.141. The number of nitrogens with two attached hydrogens (primary N) is 1. The molecule has 5 nitrogen and oxygen atoms in total. The molecule has 0 saturated carbocycles. The van der Waals surface area contributed by atoms with E-state index in [2.05, 4.69) is 5.32 Å². The molecule has 1 rings (SSSR count). The van der Waals surface area contributed by atoms with Gasteiger partial charge in [-0.05, 0) is 37.1 Å². The summed E-state index contributed by atoms with van der Waals surface area (Å²) in [5.41, 5.74) is 6.50. The lowest BCUT2D eigenvalue weighted by Gasteiger charge is -2.08. The fourth-order valence-electron chi connectivity index (χ4n) is 1.52. The van der Waals surface area contributed by atoms with E-state index in [1.165, 1.54) is 0 Å². The van der Waals surface area contributed by atoms with Crippen molar-refractivity contribution in [3.8, 4) is 0 Å². The molecule has 0 aromatic heterocycles. The number of hydrogen-bond donors (Lipinski definition) is 3. The van der Waals surface area contributed by atoms with Crippen LogP contribution in [0.25, 0.3) is 0 Å². The van der Waals surface area contributed by atoms with Crippen LogP contribution >= 0.6 is 0 Å². The molecule has 1 atom stereocenters. The molecule has 0 aliphatic heterocycles. The average molecular weight is 250 g/mol. The lowest BCUT2D eigenvalue weighted by atomic mass is 10.1. The quantitative estimate of drug-likeness (QED) is 0.642. The highest BCUT2D eigenvalue weighted by atomic mass is 16.4. The molecule has 0 bridgehead atoms. The number of hydrogen-bond acceptors (Lipinski definition) is 3. The molecule has 0 saturated heterocycles. The maximum atomic E-state index is 10.9. The zero-order chi connectivity index (χ0) is 13.5. The first-order valence-electron chi connectivity index (χ1n) is 5.87. The van der Waals surface area contributed by atoms with Crippen molar-refractivity contribution in [2.24, 2.45) is 11.7 Å². The van der Waals surface area contributed by atoms with Crippen LogP contribution in [0.5, 0.6) is 0 Å². The molecule has 1 unspecified atom stereocenters. The minimum atomic E-state index is -0.763. The number of carboxylic acid groups (broad SMARTS) is 1. The predicted molar refractivity (Wildman–Crippen MR) is 69.5 cm³/mol. The largest absolute Gasteiger partial charge is 0.481 e. The number of carbonyl (C=O) groups excluding carboxylic acids is 1. The Kier molecular flexibility index (Phi) is 5.17. The van der Waals surface area contributed by atoms with E-state index in [-0.39, 0.29) is 5.92 Å². The molecular formula is C13H18N2O3. The Labute approximate surface area is 106 Å². The van der Waals surface area contributed by atoms with Gasteiger partial charge in [-0.2, -0.15) is 0 Å². The predicted octanol–water partition coefficient (Wildman–Crippen LogP) is 1.70. The van der Waals surface area contributed by atoms with Gasteiger partial charge in [0.1, 0.15) is 0 Å². The average Bonchev–Trinajstić information content (AvgIpc) is 2.34. The summed E-state index contributed by atoms with van der Waals surface area (Å²) in [6, 6.07) is 6.87. The van der Waals surface area contributed by atoms with E-state index in [0.29, 0.717) is 18.5 Å². The van der Waals surface area contributed by atoms with Gasteiger partial charge < -0.3 is 16.2 Å². The highest BCUT2D eigenvalue weighted by Gasteiger charge is 2.09. The van der Waals surface area contributed by atoms with Crippen LogP contribution in [0.4, 0.5) is 5.69 Å². The molecule has 5 heteroatoms. The van der Waals surface area contributed by atoms with Gasteiger partial charge in [0.15, 0.2) is 0 Å². The van der Waals surface area contributed by atoms with Crippen molar-refractivity contribution in [3.63, 3.8) is 0 Å². The summed E-state index contributed by atoms with van der Waals surface area (Å²) in [6.45, 7) is 2.40. The minimum absolute atomic E-state index is 0.316. The van der Waals surface area contributed by atoms with E-state index >= 15 is 0 Å². The van der Waals surface area contributed by atoms with E-state index in [0.717, 1.165) is 12.1 Å². The number of aliphatic carboxylic acids is 1. The first-order valence-corrected chi connectivity index (χ1v) is 5.87. The number of anilines is 1. The monoisotopic (exact) mass is 250 g/mol. The third-order valence-corrected chi connectivity index (χ3v) is 2.73. The van der Waals surface area contributed by atoms with Gasteiger partial charge in [0, 0.05) is 17.8 Å². The summed E-state index contributed by atoms with van der Waals surface area (Å²) in [5, 5.41) is 11.9. The first kappa shape index (κ1) is 14.0. The molecule has 1 amide bonds. The summed E-state index contributed by atoms with van der Waals surface area (Å²) in [6.07, 6.45) is 1.42. The summed E-state index contributed by atoms with van der Waals surface area (Å²) in [7, 11) is 0. The number of primary amides is 1. The Morgan fingerprint density at radius 3 is 2.44 bits per heavy atom. The van der Waals surface area contributed by atoms with Gasteiger partial charge in [0.2, 0.25) is 5.91 Å². The maximum Gasteiger partial charge on any atom is 0.306 e. The molecule has 0 heterocycles. The van der Waals surface area contributed by atoms with Crippen LogP contribution < -0.4 is 11.1 Å². The van der Waals surface area contributed by atoms with Crippen LogP contribution in [0.1, 0.15) is 30.1 Å². The normalized spacial score (nSPS) is 11.8. The molecular weight excluding hydrogens is 232 g/mol. The zero-order valence-electron chi connectivity index (χ0n) is 10.3. The van der Waals surface area contributed by atoms with E-state index in [1.807, 2.05) is 0 Å². The molecule has 0 aliphatic rings. The van der Waals surface area contributed by atoms with Crippen LogP contribution in [0.15, 0.2) is 24.3 Å². The van der Waals surface area contributed by atoms with Crippen molar-refractivity contribution in [1.29, 1.82) is 0 Å². The van der Waals surface area contributed by atoms with Crippen molar-refractivity contribution in [1.82, 2.24) is 0 Å². The van der Waals surface area contributed by atoms with Crippen molar-refractivity contribution in [2.45, 2.75) is 19.8 Å². The number of carboxylic acids is 1. The Bertz CT molecular complexity index is 415. The van der Waals surface area contributed by atoms with Gasteiger partial charge in [-0.1, -0.05) is 6.92 Å². The Morgan fingerprint density at radius 2 is 1.94 bits per heavy atom. The van der Waals surface area contributed by atoms with Gasteiger partial charge in [-0.15, -0.1) is 0 Å². The third-order valence-electron chi connectivity index (χ3n) is 2.73. The van der Waals surface area contributed by atoms with Crippen LogP contribution in [-0.4, -0.2) is 23.5 Å². The highest BCUT2D eigenvalue weighted by molar-refractivity contribution is 5.93. The van der Waals surface area contributed by atoms with Crippen LogP contribution in [0.2, 0.25) is 0 Å². The molecule has 0 fully saturated rings. The second-order valence-electron chi connectivity index (χ2n) is 4.25. The molecule has 1 aromatic rings. The molecule has 0 radical (unpaired) electrons. The number of carbonyl (C=O) groups is 2. The minimum Gasteiger partial charge on any atom is -0.481 e. The standard InChI is InChI=1S/C13H18N2O3/c1-9(13(17)18)3-2-8-15-11-6-4-10(5-7-11)12(14)16/h4-7,9,15H,2-3,8H2,1H3,(H2,14,16)(H,17,18). The van der Waals surface area contributed by atoms with E-state index in [4.69, 9.17) is 10.8 Å². The molecule has 18 heavy (non-hydrogen) atoms. The highest BCUT2D eigenvalue weighted by Crippen LogP contribution is 2.10. The number of nitrogens with one attached hydrogen (secondary N) is 1. The van der Waals surface area contributed by atoms with Crippen molar-refractivity contribution < 1.29 is 14.7 Å². The molecule has 98 valence electrons. The van der Waals surface area contributed by atoms with Gasteiger partial charge in [-0.25, -0.2) is 0 Å². The SMILES string of the molecule is CC(CCCNc1ccc(C(N)=O)cc1)C(=O)O. The van der Waals surface area contributed by atoms with Gasteiger partial charge in [-0.3, -0.25) is 9.59 Å². The van der Waals surface area contributed by atoms with Gasteiger partial charge >= 0.3 is 5.97 Å². The Hall–Kier alpha value is -2.04. The fraction of sp³-hybridized carbons (Fsp3) is 0.385. The second kappa shape index (κ2) is 6.64. The summed E-state index contributed by atoms with van der Waals surface area (Å²) >= 11 is 0. The molecule has 4 N–H and O–H groups in total. The van der Waals surface area contributed by atoms with Crippen molar-refractivity contribution in [3.05, 3.63) is 29.8 Å². The molecule has 0 aliphatic carbocycles. The van der Waals surface area contributed by atoms with Crippen LogP contribution in [0, 0.1) is 5.92 Å². The van der Waals surface area contributed by atoms with Crippen molar-refractivity contribution in [2.75, 3.05) is 11.9 Å². The number of rotatable bonds is 7. The maximum absolute atomic E-state index is 10.9. The number of benzene rings is 1. The summed E-state index contributed by atoms with van der Waals surface area (Å²) in [4.78, 5) is 21.5. The topological polar surface area (TPSA) is 92.4 Å². The van der Waals surface area contributed by atoms with Crippen molar-refractivity contribution >= 4 is 17.6 Å². The van der Waals surface area contributed by atoms with E-state index in [9.17, 15) is 9.59 Å². The van der Waals surface area contributed by atoms with Crippen LogP contribution in [0.3, 0.4) is 0 Å². The number of amides is 1. The smallest absolute Gasteiger partial charge is 0.306 e. The van der Waals surface area contributed by atoms with E-state index in [1.54, 1.807) is 31.2 Å². The lowest BCUT2D eigenvalue weighted by Crippen LogP contribution is -2.12. The zero-order valence-corrected chi connectivity index (χ0v) is 10.3. The van der Waals surface area contributed by atoms with Gasteiger partial charge in [0.25, 0.3) is 0 Å². The molecule has 0 spiro atoms. The Balaban J connectivity index is 2.31. The summed E-state index contributed by atoms with van der Waals surface area (Å²) in [5.74, 6) is -1.53. The fourth-order valence-corrected chi connectivity index (χ4v) is 1.52. The molecule has 1 aromatic carbocycles.